The second-order valence-corrected chi connectivity index (χ2v) is 9.75. The SMILES string of the molecule is CCCCCCCCCCCCCCCCCCCCCCCCCCCCC#N. The van der Waals surface area contributed by atoms with E-state index in [0.717, 1.165) is 12.8 Å². The molecule has 0 aliphatic carbocycles. The van der Waals surface area contributed by atoms with Gasteiger partial charge in [-0.05, 0) is 6.42 Å². The van der Waals surface area contributed by atoms with Gasteiger partial charge in [-0.1, -0.05) is 167 Å². The normalized spacial score (nSPS) is 11.1. The second kappa shape index (κ2) is 28.5. The molecule has 0 aliphatic rings. The van der Waals surface area contributed by atoms with Gasteiger partial charge in [0.15, 0.2) is 0 Å². The van der Waals surface area contributed by atoms with E-state index in [2.05, 4.69) is 13.0 Å². The van der Waals surface area contributed by atoms with Crippen molar-refractivity contribution in [3.8, 4) is 6.07 Å². The number of nitrogens with zero attached hydrogens (tertiary/aromatic N) is 1. The molecule has 0 fully saturated rings. The van der Waals surface area contributed by atoms with Crippen molar-refractivity contribution >= 4 is 0 Å². The van der Waals surface area contributed by atoms with Crippen LogP contribution in [0, 0.1) is 11.3 Å². The van der Waals surface area contributed by atoms with Crippen LogP contribution in [0.4, 0.5) is 0 Å². The lowest BCUT2D eigenvalue weighted by Crippen LogP contribution is -1.84. The molecule has 0 aromatic heterocycles. The van der Waals surface area contributed by atoms with Crippen LogP contribution >= 0.6 is 0 Å². The van der Waals surface area contributed by atoms with Crippen molar-refractivity contribution in [2.24, 2.45) is 0 Å². The van der Waals surface area contributed by atoms with Gasteiger partial charge in [0.25, 0.3) is 0 Å². The molecule has 178 valence electrons. The minimum Gasteiger partial charge on any atom is -0.198 e. The summed E-state index contributed by atoms with van der Waals surface area (Å²) in [5.41, 5.74) is 0. The van der Waals surface area contributed by atoms with Gasteiger partial charge < -0.3 is 0 Å². The molecule has 0 unspecified atom stereocenters. The summed E-state index contributed by atoms with van der Waals surface area (Å²) >= 11 is 0. The standard InChI is InChI=1S/C29H57N/c1-2-3-4-5-6-7-8-9-10-11-12-13-14-15-16-17-18-19-20-21-22-23-24-25-26-27-28-29-30/h2-28H2,1H3. The van der Waals surface area contributed by atoms with Crippen molar-refractivity contribution in [2.45, 2.75) is 180 Å². The van der Waals surface area contributed by atoms with Gasteiger partial charge in [0.1, 0.15) is 0 Å². The Labute approximate surface area is 191 Å². The van der Waals surface area contributed by atoms with Crippen LogP contribution in [-0.2, 0) is 0 Å². The van der Waals surface area contributed by atoms with Crippen molar-refractivity contribution in [1.29, 1.82) is 5.26 Å². The molecular weight excluding hydrogens is 362 g/mol. The summed E-state index contributed by atoms with van der Waals surface area (Å²) in [6.45, 7) is 2.30. The van der Waals surface area contributed by atoms with E-state index in [-0.39, 0.29) is 0 Å². The highest BCUT2D eigenvalue weighted by atomic mass is 14.2. The van der Waals surface area contributed by atoms with Crippen LogP contribution < -0.4 is 0 Å². The Morgan fingerprint density at radius 1 is 0.333 bits per heavy atom. The van der Waals surface area contributed by atoms with Crippen molar-refractivity contribution in [2.75, 3.05) is 0 Å². The fourth-order valence-electron chi connectivity index (χ4n) is 4.52. The smallest absolute Gasteiger partial charge is 0.0621 e. The van der Waals surface area contributed by atoms with Gasteiger partial charge >= 0.3 is 0 Å². The zero-order valence-electron chi connectivity index (χ0n) is 21.0. The molecule has 0 rings (SSSR count). The molecule has 0 amide bonds. The van der Waals surface area contributed by atoms with Crippen molar-refractivity contribution < 1.29 is 0 Å². The predicted octanol–water partition coefficient (Wildman–Crippen LogP) is 11.1. The van der Waals surface area contributed by atoms with Gasteiger partial charge in [0.05, 0.1) is 6.07 Å². The second-order valence-electron chi connectivity index (χ2n) is 9.75. The minimum atomic E-state index is 0.749. The quantitative estimate of drug-likeness (QED) is 0.128. The lowest BCUT2D eigenvalue weighted by Gasteiger charge is -2.04. The fraction of sp³-hybridized carbons (Fsp3) is 0.966. The summed E-state index contributed by atoms with van der Waals surface area (Å²) in [7, 11) is 0. The van der Waals surface area contributed by atoms with E-state index in [1.165, 1.54) is 161 Å². The highest BCUT2D eigenvalue weighted by molar-refractivity contribution is 4.67. The molecule has 0 bridgehead atoms. The van der Waals surface area contributed by atoms with E-state index in [1.54, 1.807) is 0 Å². The molecule has 0 aliphatic heterocycles. The average Bonchev–Trinajstić information content (AvgIpc) is 2.76. The molecular formula is C29H57N. The molecule has 0 radical (unpaired) electrons. The van der Waals surface area contributed by atoms with E-state index in [0.29, 0.717) is 0 Å². The first kappa shape index (κ1) is 29.5. The fourth-order valence-corrected chi connectivity index (χ4v) is 4.52. The first-order chi connectivity index (χ1) is 14.9. The molecule has 0 saturated carbocycles. The summed E-state index contributed by atoms with van der Waals surface area (Å²) in [5.74, 6) is 0. The Balaban J connectivity index is 2.98. The highest BCUT2D eigenvalue weighted by Gasteiger charge is 1.96. The monoisotopic (exact) mass is 419 g/mol. The van der Waals surface area contributed by atoms with Crippen LogP contribution in [0.3, 0.4) is 0 Å². The Kier molecular flexibility index (Phi) is 28.0. The third kappa shape index (κ3) is 27.5. The predicted molar refractivity (Wildman–Crippen MR) is 136 cm³/mol. The third-order valence-corrected chi connectivity index (χ3v) is 6.64. The third-order valence-electron chi connectivity index (χ3n) is 6.64. The zero-order chi connectivity index (χ0) is 21.8. The van der Waals surface area contributed by atoms with Crippen molar-refractivity contribution in [1.82, 2.24) is 0 Å². The van der Waals surface area contributed by atoms with Gasteiger partial charge in [-0.2, -0.15) is 5.26 Å². The van der Waals surface area contributed by atoms with Gasteiger partial charge in [-0.25, -0.2) is 0 Å². The van der Waals surface area contributed by atoms with Crippen LogP contribution in [0.5, 0.6) is 0 Å². The summed E-state index contributed by atoms with van der Waals surface area (Å²) in [6, 6.07) is 2.24. The first-order valence-corrected chi connectivity index (χ1v) is 14.3. The largest absolute Gasteiger partial charge is 0.198 e. The van der Waals surface area contributed by atoms with Crippen molar-refractivity contribution in [3.63, 3.8) is 0 Å². The summed E-state index contributed by atoms with van der Waals surface area (Å²) in [4.78, 5) is 0. The average molecular weight is 420 g/mol. The van der Waals surface area contributed by atoms with Crippen molar-refractivity contribution in [3.05, 3.63) is 0 Å². The van der Waals surface area contributed by atoms with Crippen LogP contribution in [0.15, 0.2) is 0 Å². The Morgan fingerprint density at radius 3 is 0.733 bits per heavy atom. The molecule has 0 aromatic rings. The van der Waals surface area contributed by atoms with E-state index in [9.17, 15) is 0 Å². The van der Waals surface area contributed by atoms with Crippen LogP contribution in [0.2, 0.25) is 0 Å². The van der Waals surface area contributed by atoms with Crippen LogP contribution in [0.1, 0.15) is 180 Å². The number of rotatable bonds is 26. The lowest BCUT2D eigenvalue weighted by molar-refractivity contribution is 0.515. The minimum absolute atomic E-state index is 0.749. The molecule has 1 heteroatoms. The Hall–Kier alpha value is -0.510. The molecule has 0 atom stereocenters. The van der Waals surface area contributed by atoms with Gasteiger partial charge in [0, 0.05) is 6.42 Å². The maximum Gasteiger partial charge on any atom is 0.0621 e. The molecule has 0 spiro atoms. The van der Waals surface area contributed by atoms with Crippen LogP contribution in [-0.4, -0.2) is 0 Å². The van der Waals surface area contributed by atoms with Gasteiger partial charge in [-0.3, -0.25) is 0 Å². The zero-order valence-corrected chi connectivity index (χ0v) is 21.0. The number of unbranched alkanes of at least 4 members (excludes halogenated alkanes) is 26. The summed E-state index contributed by atoms with van der Waals surface area (Å²) in [5, 5.41) is 8.50. The summed E-state index contributed by atoms with van der Waals surface area (Å²) < 4.78 is 0. The lowest BCUT2D eigenvalue weighted by atomic mass is 10.0. The molecule has 0 aromatic carbocycles. The van der Waals surface area contributed by atoms with E-state index in [4.69, 9.17) is 5.26 Å². The van der Waals surface area contributed by atoms with E-state index >= 15 is 0 Å². The molecule has 0 saturated heterocycles. The topological polar surface area (TPSA) is 23.8 Å². The highest BCUT2D eigenvalue weighted by Crippen LogP contribution is 2.16. The maximum atomic E-state index is 8.50. The molecule has 0 N–H and O–H groups in total. The molecule has 1 nitrogen and oxygen atoms in total. The number of nitriles is 1. The maximum absolute atomic E-state index is 8.50. The number of hydrogen-bond donors (Lipinski definition) is 0. The van der Waals surface area contributed by atoms with E-state index < -0.39 is 0 Å². The Morgan fingerprint density at radius 2 is 0.533 bits per heavy atom. The van der Waals surface area contributed by atoms with Gasteiger partial charge in [0.2, 0.25) is 0 Å². The Bertz CT molecular complexity index is 330. The molecule has 0 heterocycles. The van der Waals surface area contributed by atoms with Crippen LogP contribution in [0.25, 0.3) is 0 Å². The molecule has 30 heavy (non-hydrogen) atoms. The number of hydrogen-bond acceptors (Lipinski definition) is 1. The summed E-state index contributed by atoms with van der Waals surface area (Å²) in [6.07, 6.45) is 38.0. The first-order valence-electron chi connectivity index (χ1n) is 14.3. The van der Waals surface area contributed by atoms with Gasteiger partial charge in [-0.15, -0.1) is 0 Å². The van der Waals surface area contributed by atoms with E-state index in [1.807, 2.05) is 0 Å².